The summed E-state index contributed by atoms with van der Waals surface area (Å²) in [7, 11) is 4.09. The quantitative estimate of drug-likeness (QED) is 0.517. The van der Waals surface area contributed by atoms with Crippen LogP contribution in [-0.2, 0) is 4.74 Å². The Labute approximate surface area is 56.1 Å². The van der Waals surface area contributed by atoms with E-state index in [-0.39, 0.29) is 0 Å². The highest BCUT2D eigenvalue weighted by Crippen LogP contribution is 2.18. The van der Waals surface area contributed by atoms with E-state index >= 15 is 0 Å². The summed E-state index contributed by atoms with van der Waals surface area (Å²) in [5, 5.41) is 0. The third-order valence-corrected chi connectivity index (χ3v) is 1.67. The SMILES string of the molecule is C=C1OCCC1N(C)C. The van der Waals surface area contributed by atoms with Gasteiger partial charge in [-0.2, -0.15) is 0 Å². The van der Waals surface area contributed by atoms with E-state index in [1.807, 2.05) is 14.1 Å². The van der Waals surface area contributed by atoms with Crippen molar-refractivity contribution >= 4 is 0 Å². The van der Waals surface area contributed by atoms with Crippen LogP contribution in [0.3, 0.4) is 0 Å². The Morgan fingerprint density at radius 2 is 2.33 bits per heavy atom. The molecule has 1 heterocycles. The maximum absolute atomic E-state index is 5.19. The molecule has 0 amide bonds. The summed E-state index contributed by atoms with van der Waals surface area (Å²) in [6, 6.07) is 0.449. The van der Waals surface area contributed by atoms with Gasteiger partial charge < -0.3 is 4.74 Å². The third-order valence-electron chi connectivity index (χ3n) is 1.67. The second-order valence-electron chi connectivity index (χ2n) is 2.58. The number of hydrogen-bond acceptors (Lipinski definition) is 2. The largest absolute Gasteiger partial charge is 0.497 e. The molecule has 0 aromatic heterocycles. The molecule has 2 heteroatoms. The molecule has 1 unspecified atom stereocenters. The Morgan fingerprint density at radius 3 is 2.56 bits per heavy atom. The van der Waals surface area contributed by atoms with Crippen LogP contribution in [0.4, 0.5) is 0 Å². The van der Waals surface area contributed by atoms with E-state index < -0.39 is 0 Å². The smallest absolute Gasteiger partial charge is 0.106 e. The van der Waals surface area contributed by atoms with Gasteiger partial charge in [0.25, 0.3) is 0 Å². The second kappa shape index (κ2) is 2.40. The lowest BCUT2D eigenvalue weighted by molar-refractivity contribution is 0.248. The Balaban J connectivity index is 2.49. The van der Waals surface area contributed by atoms with Gasteiger partial charge in [-0.05, 0) is 14.1 Å². The van der Waals surface area contributed by atoms with Gasteiger partial charge in [0.05, 0.1) is 12.6 Å². The van der Waals surface area contributed by atoms with Crippen molar-refractivity contribution in [2.75, 3.05) is 20.7 Å². The van der Waals surface area contributed by atoms with E-state index in [1.54, 1.807) is 0 Å². The highest BCUT2D eigenvalue weighted by atomic mass is 16.5. The number of ether oxygens (including phenoxy) is 1. The minimum absolute atomic E-state index is 0.449. The van der Waals surface area contributed by atoms with E-state index in [1.165, 1.54) is 0 Å². The molecule has 0 radical (unpaired) electrons. The molecule has 1 rings (SSSR count). The Kier molecular flexibility index (Phi) is 1.76. The van der Waals surface area contributed by atoms with Crippen LogP contribution < -0.4 is 0 Å². The highest BCUT2D eigenvalue weighted by molar-refractivity contribution is 5.00. The fraction of sp³-hybridized carbons (Fsp3) is 0.714. The monoisotopic (exact) mass is 127 g/mol. The maximum Gasteiger partial charge on any atom is 0.106 e. The minimum Gasteiger partial charge on any atom is -0.497 e. The first-order chi connectivity index (χ1) is 4.22. The molecule has 0 N–H and O–H groups in total. The van der Waals surface area contributed by atoms with Crippen molar-refractivity contribution in [3.8, 4) is 0 Å². The summed E-state index contributed by atoms with van der Waals surface area (Å²) >= 11 is 0. The van der Waals surface area contributed by atoms with E-state index in [9.17, 15) is 0 Å². The molecule has 0 bridgehead atoms. The lowest BCUT2D eigenvalue weighted by atomic mass is 10.2. The molecular formula is C7H13NO. The average molecular weight is 127 g/mol. The number of nitrogens with zero attached hydrogens (tertiary/aromatic N) is 1. The van der Waals surface area contributed by atoms with Gasteiger partial charge in [0.1, 0.15) is 5.76 Å². The Hall–Kier alpha value is -0.500. The van der Waals surface area contributed by atoms with E-state index in [4.69, 9.17) is 4.74 Å². The molecule has 0 spiro atoms. The van der Waals surface area contributed by atoms with Crippen LogP contribution in [0.5, 0.6) is 0 Å². The molecule has 1 saturated heterocycles. The molecule has 1 fully saturated rings. The van der Waals surface area contributed by atoms with Crippen LogP contribution in [0.2, 0.25) is 0 Å². The van der Waals surface area contributed by atoms with Crippen molar-refractivity contribution in [2.24, 2.45) is 0 Å². The zero-order valence-corrected chi connectivity index (χ0v) is 6.05. The van der Waals surface area contributed by atoms with Crippen LogP contribution in [0, 0.1) is 0 Å². The van der Waals surface area contributed by atoms with Crippen LogP contribution in [0.25, 0.3) is 0 Å². The van der Waals surface area contributed by atoms with Gasteiger partial charge in [0.2, 0.25) is 0 Å². The molecule has 0 aliphatic carbocycles. The summed E-state index contributed by atoms with van der Waals surface area (Å²) < 4.78 is 5.19. The first kappa shape index (κ1) is 6.62. The summed E-state index contributed by atoms with van der Waals surface area (Å²) in [6.45, 7) is 4.63. The van der Waals surface area contributed by atoms with Crippen LogP contribution in [0.15, 0.2) is 12.3 Å². The lowest BCUT2D eigenvalue weighted by Gasteiger charge is -2.16. The van der Waals surface area contributed by atoms with Gasteiger partial charge >= 0.3 is 0 Å². The van der Waals surface area contributed by atoms with Crippen molar-refractivity contribution in [1.29, 1.82) is 0 Å². The molecule has 2 nitrogen and oxygen atoms in total. The zero-order chi connectivity index (χ0) is 6.85. The lowest BCUT2D eigenvalue weighted by Crippen LogP contribution is -2.25. The molecule has 0 saturated carbocycles. The van der Waals surface area contributed by atoms with Gasteiger partial charge in [0.15, 0.2) is 0 Å². The van der Waals surface area contributed by atoms with Gasteiger partial charge in [-0.3, -0.25) is 4.90 Å². The summed E-state index contributed by atoms with van der Waals surface area (Å²) in [5.41, 5.74) is 0. The van der Waals surface area contributed by atoms with E-state index in [0.717, 1.165) is 18.8 Å². The van der Waals surface area contributed by atoms with Crippen molar-refractivity contribution in [1.82, 2.24) is 4.90 Å². The van der Waals surface area contributed by atoms with Crippen LogP contribution in [0.1, 0.15) is 6.42 Å². The van der Waals surface area contributed by atoms with Crippen molar-refractivity contribution in [2.45, 2.75) is 12.5 Å². The van der Waals surface area contributed by atoms with Crippen LogP contribution in [-0.4, -0.2) is 31.6 Å². The first-order valence-electron chi connectivity index (χ1n) is 3.20. The molecular weight excluding hydrogens is 114 g/mol. The maximum atomic E-state index is 5.19. The van der Waals surface area contributed by atoms with E-state index in [0.29, 0.717) is 6.04 Å². The zero-order valence-electron chi connectivity index (χ0n) is 6.05. The Morgan fingerprint density at radius 1 is 1.67 bits per heavy atom. The molecule has 52 valence electrons. The van der Waals surface area contributed by atoms with E-state index in [2.05, 4.69) is 11.5 Å². The van der Waals surface area contributed by atoms with Crippen molar-refractivity contribution in [3.63, 3.8) is 0 Å². The fourth-order valence-electron chi connectivity index (χ4n) is 1.11. The summed E-state index contributed by atoms with van der Waals surface area (Å²) in [5.74, 6) is 0.917. The van der Waals surface area contributed by atoms with Crippen molar-refractivity contribution < 1.29 is 4.74 Å². The van der Waals surface area contributed by atoms with Gasteiger partial charge in [-0.25, -0.2) is 0 Å². The molecule has 1 aliphatic rings. The molecule has 9 heavy (non-hydrogen) atoms. The molecule has 0 aromatic carbocycles. The third kappa shape index (κ3) is 1.24. The number of hydrogen-bond donors (Lipinski definition) is 0. The normalized spacial score (nSPS) is 27.0. The predicted octanol–water partition coefficient (Wildman–Crippen LogP) is 0.851. The van der Waals surface area contributed by atoms with Gasteiger partial charge in [0, 0.05) is 6.42 Å². The standard InChI is InChI=1S/C7H13NO/c1-6-7(8(2)3)4-5-9-6/h7H,1,4-5H2,2-3H3. The highest BCUT2D eigenvalue weighted by Gasteiger charge is 2.21. The van der Waals surface area contributed by atoms with Gasteiger partial charge in [-0.1, -0.05) is 6.58 Å². The van der Waals surface area contributed by atoms with Gasteiger partial charge in [-0.15, -0.1) is 0 Å². The van der Waals surface area contributed by atoms with Crippen molar-refractivity contribution in [3.05, 3.63) is 12.3 Å². The average Bonchev–Trinajstić information content (AvgIpc) is 2.13. The summed E-state index contributed by atoms with van der Waals surface area (Å²) in [6.07, 6.45) is 1.09. The predicted molar refractivity (Wildman–Crippen MR) is 37.2 cm³/mol. The second-order valence-corrected chi connectivity index (χ2v) is 2.58. The fourth-order valence-corrected chi connectivity index (χ4v) is 1.11. The first-order valence-corrected chi connectivity index (χ1v) is 3.20. The summed E-state index contributed by atoms with van der Waals surface area (Å²) in [4.78, 5) is 2.13. The topological polar surface area (TPSA) is 12.5 Å². The number of likely N-dealkylation sites (N-methyl/N-ethyl adjacent to an activating group) is 1. The molecule has 1 aliphatic heterocycles. The molecule has 1 atom stereocenters. The molecule has 0 aromatic rings. The van der Waals surface area contributed by atoms with Crippen LogP contribution >= 0.6 is 0 Å². The minimum atomic E-state index is 0.449. The Bertz CT molecular complexity index is 120. The number of rotatable bonds is 1.